The summed E-state index contributed by atoms with van der Waals surface area (Å²) < 4.78 is 0. The van der Waals surface area contributed by atoms with E-state index < -0.39 is 5.41 Å². The van der Waals surface area contributed by atoms with E-state index in [2.05, 4.69) is 199 Å². The number of anilines is 5. The fourth-order valence-corrected chi connectivity index (χ4v) is 10.7. The van der Waals surface area contributed by atoms with Crippen molar-refractivity contribution in [3.63, 3.8) is 0 Å². The van der Waals surface area contributed by atoms with Crippen molar-refractivity contribution >= 4 is 40.6 Å². The number of hydrogen-bond donors (Lipinski definition) is 0. The SMILES string of the molecule is C=CC1=C(/C=C\C)C2=C(C=CCC2)C12c1cc(/C=C/c3ccc(N4c5ccccc5Cc5ccccc54)cc3)ccc1-c1ccc(N3CCCc4ccccc43)cc12. The van der Waals surface area contributed by atoms with Crippen LogP contribution in [-0.2, 0) is 18.3 Å². The van der Waals surface area contributed by atoms with Crippen LogP contribution in [-0.4, -0.2) is 6.54 Å². The summed E-state index contributed by atoms with van der Waals surface area (Å²) in [5.41, 5.74) is 23.3. The highest BCUT2D eigenvalue weighted by Gasteiger charge is 2.53. The van der Waals surface area contributed by atoms with Crippen molar-refractivity contribution in [3.05, 3.63) is 232 Å². The van der Waals surface area contributed by atoms with Crippen molar-refractivity contribution in [3.8, 4) is 11.1 Å². The van der Waals surface area contributed by atoms with Gasteiger partial charge in [-0.2, -0.15) is 0 Å². The molecule has 0 radical (unpaired) electrons. The van der Waals surface area contributed by atoms with E-state index in [-0.39, 0.29) is 0 Å². The molecule has 6 aromatic carbocycles. The van der Waals surface area contributed by atoms with E-state index in [0.717, 1.165) is 38.6 Å². The first-order valence-electron chi connectivity index (χ1n) is 21.0. The Labute approximate surface area is 342 Å². The minimum Gasteiger partial charge on any atom is -0.341 e. The van der Waals surface area contributed by atoms with Gasteiger partial charge in [-0.15, -0.1) is 0 Å². The van der Waals surface area contributed by atoms with Gasteiger partial charge in [0.15, 0.2) is 0 Å². The number of aryl methyl sites for hydroxylation is 1. The maximum atomic E-state index is 4.53. The molecule has 0 bridgehead atoms. The third-order valence-corrected chi connectivity index (χ3v) is 13.2. The molecule has 58 heavy (non-hydrogen) atoms. The Morgan fingerprint density at radius 1 is 0.621 bits per heavy atom. The predicted molar refractivity (Wildman–Crippen MR) is 245 cm³/mol. The van der Waals surface area contributed by atoms with E-state index >= 15 is 0 Å². The third kappa shape index (κ3) is 5.17. The van der Waals surface area contributed by atoms with Crippen LogP contribution in [0.2, 0.25) is 0 Å². The third-order valence-electron chi connectivity index (χ3n) is 13.2. The van der Waals surface area contributed by atoms with Crippen LogP contribution < -0.4 is 9.80 Å². The van der Waals surface area contributed by atoms with Crippen molar-refractivity contribution in [2.24, 2.45) is 0 Å². The van der Waals surface area contributed by atoms with Crippen LogP contribution in [0.5, 0.6) is 0 Å². The van der Waals surface area contributed by atoms with Crippen molar-refractivity contribution < 1.29 is 0 Å². The molecule has 6 aromatic rings. The fraction of sp³-hybridized carbons (Fsp3) is 0.143. The van der Waals surface area contributed by atoms with Crippen molar-refractivity contribution in [2.75, 3.05) is 16.3 Å². The summed E-state index contributed by atoms with van der Waals surface area (Å²) in [7, 11) is 0. The molecule has 5 aliphatic rings. The molecule has 2 heterocycles. The van der Waals surface area contributed by atoms with E-state index in [9.17, 15) is 0 Å². The second-order valence-electron chi connectivity index (χ2n) is 16.2. The normalized spacial score (nSPS) is 18.8. The summed E-state index contributed by atoms with van der Waals surface area (Å²) in [4.78, 5) is 4.95. The highest BCUT2D eigenvalue weighted by Crippen LogP contribution is 2.64. The molecule has 2 aliphatic heterocycles. The average molecular weight is 747 g/mol. The molecule has 0 fully saturated rings. The number of rotatable bonds is 6. The maximum absolute atomic E-state index is 4.53. The highest BCUT2D eigenvalue weighted by atomic mass is 15.2. The molecule has 11 rings (SSSR count). The summed E-state index contributed by atoms with van der Waals surface area (Å²) in [5.74, 6) is 0. The zero-order valence-electron chi connectivity index (χ0n) is 33.1. The monoisotopic (exact) mass is 746 g/mol. The van der Waals surface area contributed by atoms with Gasteiger partial charge in [0.2, 0.25) is 0 Å². The van der Waals surface area contributed by atoms with Crippen LogP contribution in [0.1, 0.15) is 65.1 Å². The van der Waals surface area contributed by atoms with E-state index in [0.29, 0.717) is 0 Å². The number of para-hydroxylation sites is 3. The largest absolute Gasteiger partial charge is 0.341 e. The van der Waals surface area contributed by atoms with E-state index in [1.54, 1.807) is 0 Å². The van der Waals surface area contributed by atoms with Gasteiger partial charge in [0, 0.05) is 41.4 Å². The summed E-state index contributed by atoms with van der Waals surface area (Å²) in [6.07, 6.45) is 21.4. The zero-order chi connectivity index (χ0) is 38.8. The van der Waals surface area contributed by atoms with Crippen LogP contribution in [0.25, 0.3) is 23.3 Å². The van der Waals surface area contributed by atoms with E-state index in [4.69, 9.17) is 0 Å². The number of fused-ring (bicyclic) bond motifs is 9. The molecule has 1 spiro atoms. The Bertz CT molecular complexity index is 2780. The van der Waals surface area contributed by atoms with Gasteiger partial charge in [-0.25, -0.2) is 0 Å². The number of allylic oxidation sites excluding steroid dienone is 9. The Morgan fingerprint density at radius 3 is 2.00 bits per heavy atom. The lowest BCUT2D eigenvalue weighted by molar-refractivity contribution is 0.756. The van der Waals surface area contributed by atoms with Crippen LogP contribution in [0.15, 0.2) is 193 Å². The maximum Gasteiger partial charge on any atom is 0.0722 e. The van der Waals surface area contributed by atoms with Crippen molar-refractivity contribution in [2.45, 2.75) is 44.4 Å². The molecule has 0 saturated heterocycles. The molecular weight excluding hydrogens is 701 g/mol. The van der Waals surface area contributed by atoms with Crippen molar-refractivity contribution in [1.82, 2.24) is 0 Å². The zero-order valence-corrected chi connectivity index (χ0v) is 33.1. The van der Waals surface area contributed by atoms with E-state index in [1.165, 1.54) is 101 Å². The molecule has 0 N–H and O–H groups in total. The van der Waals surface area contributed by atoms with Crippen LogP contribution in [0.4, 0.5) is 28.4 Å². The van der Waals surface area contributed by atoms with Crippen molar-refractivity contribution in [1.29, 1.82) is 0 Å². The van der Waals surface area contributed by atoms with Gasteiger partial charge in [0.05, 0.1) is 5.41 Å². The summed E-state index contributed by atoms with van der Waals surface area (Å²) in [6, 6.07) is 49.9. The molecule has 1 unspecified atom stereocenters. The first-order chi connectivity index (χ1) is 28.7. The first-order valence-corrected chi connectivity index (χ1v) is 21.0. The number of benzene rings is 6. The van der Waals surface area contributed by atoms with Crippen LogP contribution >= 0.6 is 0 Å². The van der Waals surface area contributed by atoms with Gasteiger partial charge in [-0.1, -0.05) is 134 Å². The molecule has 0 amide bonds. The highest BCUT2D eigenvalue weighted by molar-refractivity contribution is 5.93. The minimum atomic E-state index is -0.439. The standard InChI is InChI=1S/C56H46N2/c1-3-14-45-46-19-8-9-20-50(46)56(49(45)4-2)51-35-39(28-32-47(51)48-33-31-44(37-52(48)56)57-34-13-18-40-15-5-10-21-53(40)57)25-24-38-26-29-43(30-27-38)58-54-22-11-6-16-41(54)36-42-17-7-12-23-55(42)58/h3-7,9-12,14-17,20-33,35,37H,2,8,13,18-19,34,36H2,1H3/b14-3-,25-24+. The molecule has 0 aromatic heterocycles. The molecule has 280 valence electrons. The molecule has 1 atom stereocenters. The van der Waals surface area contributed by atoms with Gasteiger partial charge in [0.25, 0.3) is 0 Å². The topological polar surface area (TPSA) is 6.48 Å². The summed E-state index contributed by atoms with van der Waals surface area (Å²) in [6.45, 7) is 7.69. The molecule has 3 aliphatic carbocycles. The summed E-state index contributed by atoms with van der Waals surface area (Å²) in [5, 5.41) is 0. The Balaban J connectivity index is 1.01. The van der Waals surface area contributed by atoms with Gasteiger partial charge in [-0.05, 0) is 154 Å². The van der Waals surface area contributed by atoms with Crippen LogP contribution in [0.3, 0.4) is 0 Å². The van der Waals surface area contributed by atoms with Gasteiger partial charge in [0.1, 0.15) is 0 Å². The van der Waals surface area contributed by atoms with Gasteiger partial charge < -0.3 is 9.80 Å². The second kappa shape index (κ2) is 13.8. The molecule has 2 nitrogen and oxygen atoms in total. The lowest BCUT2D eigenvalue weighted by Crippen LogP contribution is -2.29. The quantitative estimate of drug-likeness (QED) is 0.156. The lowest BCUT2D eigenvalue weighted by Gasteiger charge is -2.35. The van der Waals surface area contributed by atoms with Gasteiger partial charge in [-0.3, -0.25) is 0 Å². The second-order valence-corrected chi connectivity index (χ2v) is 16.2. The van der Waals surface area contributed by atoms with Crippen LogP contribution in [0, 0.1) is 0 Å². The smallest absolute Gasteiger partial charge is 0.0722 e. The Hall–Kier alpha value is -6.64. The Morgan fingerprint density at radius 2 is 1.26 bits per heavy atom. The Kier molecular flexibility index (Phi) is 8.22. The fourth-order valence-electron chi connectivity index (χ4n) is 10.7. The summed E-state index contributed by atoms with van der Waals surface area (Å²) >= 11 is 0. The molecule has 2 heteroatoms. The lowest BCUT2D eigenvalue weighted by atomic mass is 9.67. The molecule has 0 saturated carbocycles. The van der Waals surface area contributed by atoms with E-state index in [1.807, 2.05) is 0 Å². The predicted octanol–water partition coefficient (Wildman–Crippen LogP) is 14.3. The minimum absolute atomic E-state index is 0.439. The number of hydrogen-bond acceptors (Lipinski definition) is 2. The first kappa shape index (κ1) is 34.6. The average Bonchev–Trinajstić information content (AvgIpc) is 3.73. The number of nitrogens with zero attached hydrogens (tertiary/aromatic N) is 2. The van der Waals surface area contributed by atoms with Gasteiger partial charge >= 0.3 is 0 Å². The molecular formula is C56H46N2.